The van der Waals surface area contributed by atoms with Gasteiger partial charge in [0.25, 0.3) is 0 Å². The monoisotopic (exact) mass is 256 g/mol. The van der Waals surface area contributed by atoms with E-state index < -0.39 is 0 Å². The van der Waals surface area contributed by atoms with E-state index in [1.54, 1.807) is 6.20 Å². The Bertz CT molecular complexity index is 481. The number of hydrogen-bond acceptors (Lipinski definition) is 4. The van der Waals surface area contributed by atoms with Gasteiger partial charge in [-0.15, -0.1) is 0 Å². The second-order valence-corrected chi connectivity index (χ2v) is 5.85. The van der Waals surface area contributed by atoms with Crippen molar-refractivity contribution in [3.63, 3.8) is 0 Å². The van der Waals surface area contributed by atoms with Crippen molar-refractivity contribution in [2.75, 3.05) is 31.5 Å². The highest BCUT2D eigenvalue weighted by molar-refractivity contribution is 5.51. The number of piperidine rings is 2. The Morgan fingerprint density at radius 3 is 2.89 bits per heavy atom. The minimum atomic E-state index is 0.390. The van der Waals surface area contributed by atoms with Gasteiger partial charge in [0, 0.05) is 24.7 Å². The van der Waals surface area contributed by atoms with Gasteiger partial charge < -0.3 is 10.2 Å². The standard InChI is InChI=1S/C15H20N4/c16-10-13-4-1-7-17-14(13)18-11-15-5-2-8-19(12-15)9-3-6-15/h1,4,7H,2-3,5-6,8-9,11-12H2,(H,17,18). The maximum Gasteiger partial charge on any atom is 0.143 e. The maximum atomic E-state index is 9.09. The fraction of sp³-hybridized carbons (Fsp3) is 0.600. The summed E-state index contributed by atoms with van der Waals surface area (Å²) in [5.41, 5.74) is 1.03. The van der Waals surface area contributed by atoms with Gasteiger partial charge in [0.2, 0.25) is 0 Å². The zero-order valence-electron chi connectivity index (χ0n) is 11.2. The number of fused-ring (bicyclic) bond motifs is 2. The SMILES string of the molecule is N#Cc1cccnc1NCC12CCCN(CCC1)C2. The molecule has 19 heavy (non-hydrogen) atoms. The normalized spacial score (nSPS) is 29.5. The molecule has 3 rings (SSSR count). The highest BCUT2D eigenvalue weighted by Gasteiger charge is 2.38. The molecule has 0 radical (unpaired) electrons. The summed E-state index contributed by atoms with van der Waals surface area (Å²) in [7, 11) is 0. The lowest BCUT2D eigenvalue weighted by atomic mass is 9.73. The highest BCUT2D eigenvalue weighted by atomic mass is 15.2. The van der Waals surface area contributed by atoms with Gasteiger partial charge in [0.05, 0.1) is 5.56 Å². The van der Waals surface area contributed by atoms with Crippen LogP contribution in [0.4, 0.5) is 5.82 Å². The number of nitrogens with zero attached hydrogens (tertiary/aromatic N) is 3. The topological polar surface area (TPSA) is 52.0 Å². The lowest BCUT2D eigenvalue weighted by Crippen LogP contribution is -2.50. The van der Waals surface area contributed by atoms with Gasteiger partial charge in [-0.25, -0.2) is 4.98 Å². The van der Waals surface area contributed by atoms with Crippen molar-refractivity contribution in [1.82, 2.24) is 9.88 Å². The maximum absolute atomic E-state index is 9.09. The first-order chi connectivity index (χ1) is 9.31. The first-order valence-electron chi connectivity index (χ1n) is 7.13. The van der Waals surface area contributed by atoms with Gasteiger partial charge >= 0.3 is 0 Å². The number of anilines is 1. The number of nitrogens with one attached hydrogen (secondary N) is 1. The summed E-state index contributed by atoms with van der Waals surface area (Å²) in [4.78, 5) is 6.87. The van der Waals surface area contributed by atoms with Crippen LogP contribution in [0.2, 0.25) is 0 Å². The summed E-state index contributed by atoms with van der Waals surface area (Å²) in [6, 6.07) is 5.83. The van der Waals surface area contributed by atoms with Crippen LogP contribution in [0.5, 0.6) is 0 Å². The minimum Gasteiger partial charge on any atom is -0.368 e. The van der Waals surface area contributed by atoms with Crippen LogP contribution in [0.3, 0.4) is 0 Å². The summed E-state index contributed by atoms with van der Waals surface area (Å²) in [5, 5.41) is 12.5. The molecule has 0 atom stereocenters. The molecule has 0 spiro atoms. The van der Waals surface area contributed by atoms with Crippen molar-refractivity contribution in [3.05, 3.63) is 23.9 Å². The Hall–Kier alpha value is -1.60. The van der Waals surface area contributed by atoms with Crippen molar-refractivity contribution in [2.24, 2.45) is 5.41 Å². The first kappa shape index (κ1) is 12.4. The fourth-order valence-corrected chi connectivity index (χ4v) is 3.52. The third-order valence-corrected chi connectivity index (χ3v) is 4.48. The second kappa shape index (κ2) is 5.18. The molecule has 1 N–H and O–H groups in total. The second-order valence-electron chi connectivity index (χ2n) is 5.85. The molecule has 0 aromatic carbocycles. The number of pyridine rings is 1. The van der Waals surface area contributed by atoms with Crippen LogP contribution in [0, 0.1) is 16.7 Å². The Kier molecular flexibility index (Phi) is 3.39. The van der Waals surface area contributed by atoms with E-state index in [9.17, 15) is 0 Å². The van der Waals surface area contributed by atoms with E-state index in [1.165, 1.54) is 45.3 Å². The van der Waals surface area contributed by atoms with E-state index in [-0.39, 0.29) is 0 Å². The predicted molar refractivity (Wildman–Crippen MR) is 74.8 cm³/mol. The smallest absolute Gasteiger partial charge is 0.143 e. The molecule has 2 fully saturated rings. The summed E-state index contributed by atoms with van der Waals surface area (Å²) in [5.74, 6) is 0.738. The zero-order chi connectivity index (χ0) is 13.1. The molecular formula is C15H20N4. The average molecular weight is 256 g/mol. The highest BCUT2D eigenvalue weighted by Crippen LogP contribution is 2.38. The molecule has 0 saturated carbocycles. The zero-order valence-corrected chi connectivity index (χ0v) is 11.2. The van der Waals surface area contributed by atoms with Crippen LogP contribution in [-0.2, 0) is 0 Å². The number of hydrogen-bond donors (Lipinski definition) is 1. The molecule has 4 nitrogen and oxygen atoms in total. The number of nitriles is 1. The molecule has 2 bridgehead atoms. The van der Waals surface area contributed by atoms with Gasteiger partial charge in [-0.2, -0.15) is 5.26 Å². The molecule has 100 valence electrons. The molecule has 0 amide bonds. The Morgan fingerprint density at radius 1 is 1.37 bits per heavy atom. The van der Waals surface area contributed by atoms with Gasteiger partial charge in [0.15, 0.2) is 0 Å². The van der Waals surface area contributed by atoms with E-state index in [0.29, 0.717) is 11.0 Å². The number of rotatable bonds is 3. The van der Waals surface area contributed by atoms with Crippen molar-refractivity contribution in [3.8, 4) is 6.07 Å². The van der Waals surface area contributed by atoms with Crippen molar-refractivity contribution < 1.29 is 0 Å². The Morgan fingerprint density at radius 2 is 2.16 bits per heavy atom. The van der Waals surface area contributed by atoms with Crippen LogP contribution < -0.4 is 5.32 Å². The Balaban J connectivity index is 1.70. The molecule has 0 unspecified atom stereocenters. The molecule has 4 heteroatoms. The lowest BCUT2D eigenvalue weighted by Gasteiger charge is -2.47. The van der Waals surface area contributed by atoms with Gasteiger partial charge in [-0.1, -0.05) is 0 Å². The summed E-state index contributed by atoms with van der Waals surface area (Å²) in [6.07, 6.45) is 6.94. The Labute approximate surface area is 114 Å². The van der Waals surface area contributed by atoms with E-state index in [2.05, 4.69) is 21.3 Å². The molecule has 2 aliphatic heterocycles. The number of aromatic nitrogens is 1. The third-order valence-electron chi connectivity index (χ3n) is 4.48. The average Bonchev–Trinajstić information content (AvgIpc) is 2.46. The summed E-state index contributed by atoms with van der Waals surface area (Å²) < 4.78 is 0. The summed E-state index contributed by atoms with van der Waals surface area (Å²) in [6.45, 7) is 4.66. The van der Waals surface area contributed by atoms with Crippen LogP contribution in [-0.4, -0.2) is 36.1 Å². The van der Waals surface area contributed by atoms with E-state index in [4.69, 9.17) is 5.26 Å². The van der Waals surface area contributed by atoms with Crippen LogP contribution >= 0.6 is 0 Å². The summed E-state index contributed by atoms with van der Waals surface area (Å²) >= 11 is 0. The van der Waals surface area contributed by atoms with Gasteiger partial charge in [-0.05, 0) is 50.9 Å². The van der Waals surface area contributed by atoms with Gasteiger partial charge in [-0.3, -0.25) is 0 Å². The van der Waals surface area contributed by atoms with Crippen LogP contribution in [0.1, 0.15) is 31.2 Å². The minimum absolute atomic E-state index is 0.390. The van der Waals surface area contributed by atoms with E-state index >= 15 is 0 Å². The van der Waals surface area contributed by atoms with Crippen LogP contribution in [0.15, 0.2) is 18.3 Å². The molecule has 0 aliphatic carbocycles. The first-order valence-corrected chi connectivity index (χ1v) is 7.13. The van der Waals surface area contributed by atoms with Crippen LogP contribution in [0.25, 0.3) is 0 Å². The lowest BCUT2D eigenvalue weighted by molar-refractivity contribution is 0.0478. The van der Waals surface area contributed by atoms with Gasteiger partial charge in [0.1, 0.15) is 11.9 Å². The van der Waals surface area contributed by atoms with E-state index in [1.807, 2.05) is 12.1 Å². The molecule has 2 aliphatic rings. The van der Waals surface area contributed by atoms with E-state index in [0.717, 1.165) is 12.4 Å². The molecule has 3 heterocycles. The van der Waals surface area contributed by atoms with Crippen molar-refractivity contribution >= 4 is 5.82 Å². The molecule has 2 saturated heterocycles. The molecule has 1 aromatic heterocycles. The molecule has 1 aromatic rings. The third kappa shape index (κ3) is 2.57. The fourth-order valence-electron chi connectivity index (χ4n) is 3.52. The predicted octanol–water partition coefficient (Wildman–Crippen LogP) is 2.24. The van der Waals surface area contributed by atoms with Crippen molar-refractivity contribution in [1.29, 1.82) is 5.26 Å². The molecular weight excluding hydrogens is 236 g/mol. The van der Waals surface area contributed by atoms with Crippen molar-refractivity contribution in [2.45, 2.75) is 25.7 Å². The largest absolute Gasteiger partial charge is 0.368 e. The quantitative estimate of drug-likeness (QED) is 0.901.